The van der Waals surface area contributed by atoms with Gasteiger partial charge in [-0.1, -0.05) is 23.2 Å². The Kier molecular flexibility index (Phi) is 2.53. The fourth-order valence-corrected chi connectivity index (χ4v) is 1.05. The molecule has 0 aromatic heterocycles. The van der Waals surface area contributed by atoms with Gasteiger partial charge in [-0.2, -0.15) is 0 Å². The van der Waals surface area contributed by atoms with Gasteiger partial charge >= 0.3 is 5.97 Å². The molecule has 0 aliphatic rings. The van der Waals surface area contributed by atoms with Gasteiger partial charge in [0.05, 0.1) is 12.7 Å². The fourth-order valence-electron chi connectivity index (χ4n) is 1.05. The van der Waals surface area contributed by atoms with E-state index in [9.17, 15) is 4.79 Å². The third kappa shape index (κ3) is 1.88. The van der Waals surface area contributed by atoms with E-state index in [0.29, 0.717) is 11.0 Å². The fraction of sp³-hybridized carbons (Fsp3) is 0.222. The van der Waals surface area contributed by atoms with E-state index < -0.39 is 0 Å². The Morgan fingerprint density at radius 1 is 1.42 bits per heavy atom. The summed E-state index contributed by atoms with van der Waals surface area (Å²) in [6.07, 6.45) is 0. The Labute approximate surface area is 73.0 Å². The van der Waals surface area contributed by atoms with Crippen molar-refractivity contribution in [2.75, 3.05) is 7.11 Å². The van der Waals surface area contributed by atoms with Gasteiger partial charge in [-0.15, -0.1) is 0 Å². The molecule has 0 saturated carbocycles. The predicted molar refractivity (Wildman–Crippen MR) is 47.9 cm³/mol. The van der Waals surface area contributed by atoms with Crippen LogP contribution in [-0.4, -0.2) is 20.9 Å². The summed E-state index contributed by atoms with van der Waals surface area (Å²) >= 11 is 0. The summed E-state index contributed by atoms with van der Waals surface area (Å²) in [5, 5.41) is 0. The Balaban J connectivity index is 3.08. The molecule has 3 heteroatoms. The number of rotatable bonds is 1. The van der Waals surface area contributed by atoms with E-state index in [0.717, 1.165) is 5.56 Å². The molecule has 0 saturated heterocycles. The van der Waals surface area contributed by atoms with Gasteiger partial charge in [0, 0.05) is 0 Å². The van der Waals surface area contributed by atoms with E-state index in [1.54, 1.807) is 18.2 Å². The smallest absolute Gasteiger partial charge is 0.337 e. The summed E-state index contributed by atoms with van der Waals surface area (Å²) in [5.74, 6) is -0.356. The zero-order valence-corrected chi connectivity index (χ0v) is 7.13. The first-order chi connectivity index (χ1) is 5.63. The van der Waals surface area contributed by atoms with Crippen molar-refractivity contribution in [3.8, 4) is 0 Å². The van der Waals surface area contributed by atoms with E-state index in [2.05, 4.69) is 4.74 Å². The van der Waals surface area contributed by atoms with Crippen molar-refractivity contribution in [2.45, 2.75) is 6.92 Å². The number of methoxy groups -OCH3 is 1. The van der Waals surface area contributed by atoms with Crippen LogP contribution in [0.3, 0.4) is 0 Å². The maximum Gasteiger partial charge on any atom is 0.337 e. The zero-order valence-electron chi connectivity index (χ0n) is 7.13. The predicted octanol–water partition coefficient (Wildman–Crippen LogP) is 0.575. The lowest BCUT2D eigenvalue weighted by Gasteiger charge is -2.02. The van der Waals surface area contributed by atoms with Gasteiger partial charge in [0.15, 0.2) is 0 Å². The highest BCUT2D eigenvalue weighted by Crippen LogP contribution is 2.02. The lowest BCUT2D eigenvalue weighted by Crippen LogP contribution is -2.09. The lowest BCUT2D eigenvalue weighted by molar-refractivity contribution is 0.0600. The average molecular weight is 160 g/mol. The molecule has 0 spiro atoms. The highest BCUT2D eigenvalue weighted by molar-refractivity contribution is 6.32. The molecule has 0 heterocycles. The third-order valence-corrected chi connectivity index (χ3v) is 1.52. The molecule has 1 rings (SSSR count). The van der Waals surface area contributed by atoms with Crippen LogP contribution in [0.5, 0.6) is 0 Å². The van der Waals surface area contributed by atoms with Gasteiger partial charge in [0.25, 0.3) is 0 Å². The van der Waals surface area contributed by atoms with Gasteiger partial charge in [-0.05, 0) is 13.0 Å². The van der Waals surface area contributed by atoms with Gasteiger partial charge in [-0.3, -0.25) is 0 Å². The minimum atomic E-state index is -0.356. The van der Waals surface area contributed by atoms with Crippen LogP contribution < -0.4 is 5.46 Å². The largest absolute Gasteiger partial charge is 0.465 e. The second kappa shape index (κ2) is 3.43. The highest BCUT2D eigenvalue weighted by atomic mass is 16.5. The minimum Gasteiger partial charge on any atom is -0.465 e. The highest BCUT2D eigenvalue weighted by Gasteiger charge is 2.04. The van der Waals surface area contributed by atoms with Crippen LogP contribution in [0.1, 0.15) is 15.9 Å². The van der Waals surface area contributed by atoms with E-state index in [1.807, 2.05) is 6.92 Å². The molecule has 1 aromatic rings. The summed E-state index contributed by atoms with van der Waals surface area (Å²) in [6, 6.07) is 5.13. The molecule has 0 amide bonds. The van der Waals surface area contributed by atoms with Crippen LogP contribution in [0.4, 0.5) is 0 Å². The van der Waals surface area contributed by atoms with Crippen molar-refractivity contribution >= 4 is 19.3 Å². The molecule has 1 aromatic carbocycles. The number of carbonyl (C=O) groups excluding carboxylic acids is 1. The number of hydrogen-bond donors (Lipinski definition) is 0. The molecule has 0 atom stereocenters. The van der Waals surface area contributed by atoms with Crippen molar-refractivity contribution in [1.82, 2.24) is 0 Å². The van der Waals surface area contributed by atoms with Gasteiger partial charge in [0.2, 0.25) is 0 Å². The number of hydrogen-bond acceptors (Lipinski definition) is 2. The van der Waals surface area contributed by atoms with Crippen LogP contribution in [0.2, 0.25) is 0 Å². The standard InChI is InChI=1S/C9H9BO2/c1-6-3-7(9(11)12-2)5-8(10)4-6/h3-5H,1-2H3. The average Bonchev–Trinajstić information content (AvgIpc) is 2.01. The Hall–Kier alpha value is -1.25. The Bertz CT molecular complexity index is 287. The zero-order chi connectivity index (χ0) is 9.14. The summed E-state index contributed by atoms with van der Waals surface area (Å²) in [6.45, 7) is 1.88. The van der Waals surface area contributed by atoms with E-state index in [-0.39, 0.29) is 5.97 Å². The van der Waals surface area contributed by atoms with Crippen molar-refractivity contribution < 1.29 is 9.53 Å². The first-order valence-electron chi connectivity index (χ1n) is 3.59. The van der Waals surface area contributed by atoms with Gasteiger partial charge in [0.1, 0.15) is 7.85 Å². The van der Waals surface area contributed by atoms with E-state index in [4.69, 9.17) is 7.85 Å². The van der Waals surface area contributed by atoms with E-state index in [1.165, 1.54) is 7.11 Å². The quantitative estimate of drug-likeness (QED) is 0.443. The number of benzene rings is 1. The van der Waals surface area contributed by atoms with Crippen LogP contribution in [0.25, 0.3) is 0 Å². The molecular formula is C9H9BO2. The van der Waals surface area contributed by atoms with E-state index >= 15 is 0 Å². The number of ether oxygens (including phenoxy) is 1. The molecular weight excluding hydrogens is 151 g/mol. The molecule has 2 radical (unpaired) electrons. The SMILES string of the molecule is [B]c1cc(C)cc(C(=O)OC)c1. The molecule has 0 fully saturated rings. The first-order valence-corrected chi connectivity index (χ1v) is 3.59. The van der Waals surface area contributed by atoms with Crippen molar-refractivity contribution in [2.24, 2.45) is 0 Å². The van der Waals surface area contributed by atoms with Crippen LogP contribution in [-0.2, 0) is 4.74 Å². The molecule has 0 bridgehead atoms. The molecule has 0 unspecified atom stereocenters. The topological polar surface area (TPSA) is 26.3 Å². The maximum absolute atomic E-state index is 11.0. The second-order valence-electron chi connectivity index (χ2n) is 2.62. The van der Waals surface area contributed by atoms with Crippen molar-refractivity contribution in [1.29, 1.82) is 0 Å². The molecule has 60 valence electrons. The molecule has 2 nitrogen and oxygen atoms in total. The third-order valence-electron chi connectivity index (χ3n) is 1.52. The van der Waals surface area contributed by atoms with Gasteiger partial charge < -0.3 is 4.74 Å². The monoisotopic (exact) mass is 160 g/mol. The summed E-state index contributed by atoms with van der Waals surface area (Å²) < 4.78 is 4.55. The lowest BCUT2D eigenvalue weighted by atomic mass is 9.92. The number of carbonyl (C=O) groups is 1. The maximum atomic E-state index is 11.0. The second-order valence-corrected chi connectivity index (χ2v) is 2.62. The first kappa shape index (κ1) is 8.85. The van der Waals surface area contributed by atoms with Gasteiger partial charge in [-0.25, -0.2) is 4.79 Å². The molecule has 0 N–H and O–H groups in total. The van der Waals surface area contributed by atoms with Crippen LogP contribution >= 0.6 is 0 Å². The summed E-state index contributed by atoms with van der Waals surface area (Å²) in [5.41, 5.74) is 2.03. The van der Waals surface area contributed by atoms with Crippen molar-refractivity contribution in [3.05, 3.63) is 29.3 Å². The molecule has 0 aliphatic heterocycles. The summed E-state index contributed by atoms with van der Waals surface area (Å²) in [4.78, 5) is 11.0. The normalized spacial score (nSPS) is 9.50. The summed E-state index contributed by atoms with van der Waals surface area (Å²) in [7, 11) is 6.89. The number of aryl methyl sites for hydroxylation is 1. The Morgan fingerprint density at radius 3 is 2.58 bits per heavy atom. The number of esters is 1. The molecule has 0 aliphatic carbocycles. The molecule has 12 heavy (non-hydrogen) atoms. The van der Waals surface area contributed by atoms with Crippen LogP contribution in [0.15, 0.2) is 18.2 Å². The Morgan fingerprint density at radius 2 is 2.08 bits per heavy atom. The van der Waals surface area contributed by atoms with Crippen LogP contribution in [0, 0.1) is 6.92 Å². The van der Waals surface area contributed by atoms with Crippen molar-refractivity contribution in [3.63, 3.8) is 0 Å². The minimum absolute atomic E-state index is 0.356.